The fourth-order valence-corrected chi connectivity index (χ4v) is 10.4. The van der Waals surface area contributed by atoms with Crippen molar-refractivity contribution in [2.75, 3.05) is 38.7 Å². The molecule has 4 atom stereocenters. The number of carbonyl (C=O) groups excluding carboxylic acids is 7. The Kier molecular flexibility index (Phi) is 14.8. The highest BCUT2D eigenvalue weighted by Crippen LogP contribution is 2.50. The Labute approximate surface area is 308 Å². The van der Waals surface area contributed by atoms with Gasteiger partial charge in [0.25, 0.3) is 5.91 Å². The highest BCUT2D eigenvalue weighted by Gasteiger charge is 2.52. The monoisotopic (exact) mass is 744 g/mol. The summed E-state index contributed by atoms with van der Waals surface area (Å²) in [6, 6.07) is 4.88. The summed E-state index contributed by atoms with van der Waals surface area (Å²) in [6.45, 7) is 2.99. The molecule has 1 saturated carbocycles. The number of likely N-dealkylation sites (N-methyl/N-ethyl adjacent to an activating group) is 1. The van der Waals surface area contributed by atoms with Crippen LogP contribution in [-0.4, -0.2) is 112 Å². The molecule has 1 spiro atoms. The molecule has 0 aromatic heterocycles. The molecule has 1 aromatic carbocycles. The molecule has 280 valence electrons. The van der Waals surface area contributed by atoms with Crippen LogP contribution in [0.15, 0.2) is 30.3 Å². The number of likely N-dealkylation sites (tertiary alicyclic amines) is 1. The molecule has 2 saturated heterocycles. The molecule has 4 N–H and O–H groups in total. The van der Waals surface area contributed by atoms with E-state index in [9.17, 15) is 33.6 Å². The lowest BCUT2D eigenvalue weighted by molar-refractivity contribution is -0.144. The third-order valence-electron chi connectivity index (χ3n) is 9.61. The van der Waals surface area contributed by atoms with Crippen LogP contribution in [-0.2, 0) is 33.6 Å². The summed E-state index contributed by atoms with van der Waals surface area (Å²) in [7, 11) is 3.14. The first-order chi connectivity index (χ1) is 24.4. The minimum atomic E-state index is -1.18. The molecule has 4 rings (SSSR count). The number of hydrogen-bond acceptors (Lipinski definition) is 9. The number of Topliss-reactive ketones (excluding diaryl/α,β-unsaturated/α-hetero) is 1. The second kappa shape index (κ2) is 18.8. The number of carbonyl (C=O) groups is 7. The average Bonchev–Trinajstić information content (AvgIpc) is 3.50. The molecule has 3 aliphatic rings. The lowest BCUT2D eigenvalue weighted by atomic mass is 9.83. The van der Waals surface area contributed by atoms with Gasteiger partial charge in [0, 0.05) is 34.0 Å². The van der Waals surface area contributed by atoms with E-state index in [1.165, 1.54) is 11.8 Å². The fourth-order valence-electron chi connectivity index (χ4n) is 7.01. The maximum Gasteiger partial charge on any atom is 0.290 e. The van der Waals surface area contributed by atoms with Gasteiger partial charge in [-0.3, -0.25) is 33.6 Å². The van der Waals surface area contributed by atoms with Gasteiger partial charge in [-0.1, -0.05) is 62.9 Å². The van der Waals surface area contributed by atoms with Crippen LogP contribution in [0, 0.1) is 5.92 Å². The van der Waals surface area contributed by atoms with Crippen LogP contribution in [0.25, 0.3) is 0 Å². The summed E-state index contributed by atoms with van der Waals surface area (Å²) in [4.78, 5) is 95.7. The molecule has 1 aromatic rings. The van der Waals surface area contributed by atoms with E-state index in [0.29, 0.717) is 24.9 Å². The highest BCUT2D eigenvalue weighted by molar-refractivity contribution is 8.18. The van der Waals surface area contributed by atoms with E-state index in [2.05, 4.69) is 21.3 Å². The van der Waals surface area contributed by atoms with E-state index in [-0.39, 0.29) is 34.1 Å². The van der Waals surface area contributed by atoms with Crippen molar-refractivity contribution in [3.8, 4) is 0 Å². The lowest BCUT2D eigenvalue weighted by Crippen LogP contribution is -2.58. The van der Waals surface area contributed by atoms with E-state index in [1.807, 2.05) is 6.92 Å². The highest BCUT2D eigenvalue weighted by atomic mass is 32.2. The van der Waals surface area contributed by atoms with Gasteiger partial charge < -0.3 is 31.1 Å². The molecular formula is C36H52N6O7S2. The number of nitrogens with zero attached hydrogens (tertiary/aromatic N) is 2. The van der Waals surface area contributed by atoms with E-state index < -0.39 is 54.2 Å². The Morgan fingerprint density at radius 1 is 0.922 bits per heavy atom. The normalized spacial score (nSPS) is 20.4. The Balaban J connectivity index is 1.45. The molecule has 3 fully saturated rings. The van der Waals surface area contributed by atoms with E-state index >= 15 is 0 Å². The Bertz CT molecular complexity index is 1430. The van der Waals surface area contributed by atoms with Gasteiger partial charge in [-0.05, 0) is 48.7 Å². The molecular weight excluding hydrogens is 693 g/mol. The van der Waals surface area contributed by atoms with Gasteiger partial charge in [0.2, 0.25) is 35.3 Å². The Hall–Kier alpha value is -3.59. The molecule has 2 heterocycles. The summed E-state index contributed by atoms with van der Waals surface area (Å²) < 4.78 is -0.385. The average molecular weight is 745 g/mol. The van der Waals surface area contributed by atoms with Crippen molar-refractivity contribution >= 4 is 64.8 Å². The number of hydrogen-bond donors (Lipinski definition) is 4. The second-order valence-corrected chi connectivity index (χ2v) is 17.0. The first-order valence-electron chi connectivity index (χ1n) is 17.9. The van der Waals surface area contributed by atoms with Crippen molar-refractivity contribution in [3.63, 3.8) is 0 Å². The van der Waals surface area contributed by atoms with Gasteiger partial charge >= 0.3 is 0 Å². The first-order valence-corrected chi connectivity index (χ1v) is 19.9. The zero-order valence-corrected chi connectivity index (χ0v) is 31.7. The van der Waals surface area contributed by atoms with Crippen LogP contribution in [0.3, 0.4) is 0 Å². The zero-order chi connectivity index (χ0) is 37.1. The maximum atomic E-state index is 14.3. The van der Waals surface area contributed by atoms with Crippen LogP contribution < -0.4 is 21.3 Å². The standard InChI is InChI=1S/C36H52N6O7S2/c1-5-13-26(31(45)33(47)37-21-28(44)40-29(34(48)41(3)4)24-14-8-6-9-15-24)39-32(46)27-20-36(50-18-12-19-51-36)22-42(27)35(49)30(38-23(2)43)25-16-10-7-11-17-25/h6,8-9,14-15,25-27,29-30H,5,7,10-13,16-22H2,1-4H3,(H,37,47)(H,38,43)(H,39,46)(H,40,44)/t26?,27-,29?,30?/m0/s1. The number of rotatable bonds is 14. The molecule has 13 nitrogen and oxygen atoms in total. The van der Waals surface area contributed by atoms with Crippen molar-refractivity contribution < 1.29 is 33.6 Å². The van der Waals surface area contributed by atoms with E-state index in [1.54, 1.807) is 72.9 Å². The minimum Gasteiger partial charge on any atom is -0.347 e. The SMILES string of the molecule is CCCC(NC(=O)[C@@H]1CC2(CN1C(=O)C(NC(C)=O)C1CCCCC1)SCCCS2)C(=O)C(=O)NCC(=O)NC(C(=O)N(C)C)c1ccccc1. The topological polar surface area (TPSA) is 174 Å². The van der Waals surface area contributed by atoms with Crippen LogP contribution >= 0.6 is 23.5 Å². The van der Waals surface area contributed by atoms with Gasteiger partial charge in [-0.2, -0.15) is 0 Å². The number of ketones is 1. The van der Waals surface area contributed by atoms with E-state index in [4.69, 9.17) is 0 Å². The van der Waals surface area contributed by atoms with Gasteiger partial charge in [0.1, 0.15) is 18.1 Å². The molecule has 0 bridgehead atoms. The minimum absolute atomic E-state index is 0.0265. The van der Waals surface area contributed by atoms with Crippen molar-refractivity contribution in [2.45, 2.75) is 99.9 Å². The van der Waals surface area contributed by atoms with Gasteiger partial charge in [0.15, 0.2) is 0 Å². The summed E-state index contributed by atoms with van der Waals surface area (Å²) in [5.41, 5.74) is 0.561. The second-order valence-electron chi connectivity index (χ2n) is 13.8. The van der Waals surface area contributed by atoms with Crippen LogP contribution in [0.5, 0.6) is 0 Å². The van der Waals surface area contributed by atoms with Gasteiger partial charge in [-0.25, -0.2) is 0 Å². The number of benzene rings is 1. The zero-order valence-electron chi connectivity index (χ0n) is 30.0. The summed E-state index contributed by atoms with van der Waals surface area (Å²) in [5.74, 6) is -2.32. The molecule has 2 aliphatic heterocycles. The van der Waals surface area contributed by atoms with Crippen LogP contribution in [0.2, 0.25) is 0 Å². The largest absolute Gasteiger partial charge is 0.347 e. The van der Waals surface area contributed by atoms with Crippen molar-refractivity contribution in [1.82, 2.24) is 31.1 Å². The van der Waals surface area contributed by atoms with Crippen molar-refractivity contribution in [2.24, 2.45) is 5.92 Å². The summed E-state index contributed by atoms with van der Waals surface area (Å²) >= 11 is 3.48. The summed E-state index contributed by atoms with van der Waals surface area (Å²) in [6.07, 6.45) is 6.71. The third kappa shape index (κ3) is 10.7. The first kappa shape index (κ1) is 40.2. The predicted molar refractivity (Wildman–Crippen MR) is 197 cm³/mol. The quantitative estimate of drug-likeness (QED) is 0.208. The number of amides is 6. The lowest BCUT2D eigenvalue weighted by Gasteiger charge is -2.35. The van der Waals surface area contributed by atoms with E-state index in [0.717, 1.165) is 50.0 Å². The molecule has 0 radical (unpaired) electrons. The van der Waals surface area contributed by atoms with Gasteiger partial charge in [-0.15, -0.1) is 23.5 Å². The molecule has 1 aliphatic carbocycles. The van der Waals surface area contributed by atoms with Crippen LogP contribution in [0.4, 0.5) is 0 Å². The number of thioether (sulfide) groups is 2. The Morgan fingerprint density at radius 2 is 1.59 bits per heavy atom. The molecule has 3 unspecified atom stereocenters. The molecule has 15 heteroatoms. The van der Waals surface area contributed by atoms with Crippen LogP contribution in [0.1, 0.15) is 83.2 Å². The van der Waals surface area contributed by atoms with Gasteiger partial charge in [0.05, 0.1) is 16.7 Å². The van der Waals surface area contributed by atoms with Crippen molar-refractivity contribution in [3.05, 3.63) is 35.9 Å². The Morgan fingerprint density at radius 3 is 2.20 bits per heavy atom. The summed E-state index contributed by atoms with van der Waals surface area (Å²) in [5, 5.41) is 10.6. The molecule has 51 heavy (non-hydrogen) atoms. The van der Waals surface area contributed by atoms with Crippen molar-refractivity contribution in [1.29, 1.82) is 0 Å². The number of nitrogens with one attached hydrogen (secondary N) is 4. The smallest absolute Gasteiger partial charge is 0.290 e. The maximum absolute atomic E-state index is 14.3. The third-order valence-corrected chi connectivity index (χ3v) is 12.9. The predicted octanol–water partition coefficient (Wildman–Crippen LogP) is 2.15. The molecule has 6 amide bonds. The fraction of sp³-hybridized carbons (Fsp3) is 0.639.